The minimum Gasteiger partial charge on any atom is -0.451 e. The van der Waals surface area contributed by atoms with E-state index < -0.39 is 45.3 Å². The van der Waals surface area contributed by atoms with Gasteiger partial charge < -0.3 is 21.5 Å². The summed E-state index contributed by atoms with van der Waals surface area (Å²) in [5.74, 6) is -4.17. The number of hydrogen-bond acceptors (Lipinski definition) is 5. The lowest BCUT2D eigenvalue weighted by molar-refractivity contribution is -0.114. The van der Waals surface area contributed by atoms with Gasteiger partial charge in [0.25, 0.3) is 15.9 Å². The highest BCUT2D eigenvalue weighted by Crippen LogP contribution is 2.30. The van der Waals surface area contributed by atoms with Crippen LogP contribution >= 0.6 is 0 Å². The lowest BCUT2D eigenvalue weighted by Crippen LogP contribution is -2.39. The Morgan fingerprint density at radius 3 is 2.21 bits per heavy atom. The molecule has 0 unspecified atom stereocenters. The smallest absolute Gasteiger partial charge is 0.328 e. The topological polar surface area (TPSA) is 166 Å². The fourth-order valence-corrected chi connectivity index (χ4v) is 3.39. The van der Waals surface area contributed by atoms with E-state index in [1.165, 1.54) is 13.0 Å². The maximum Gasteiger partial charge on any atom is 0.328 e. The molecule has 6 N–H and O–H groups in total. The Labute approximate surface area is 188 Å². The summed E-state index contributed by atoms with van der Waals surface area (Å²) >= 11 is 0. The lowest BCUT2D eigenvalue weighted by Gasteiger charge is -2.11. The van der Waals surface area contributed by atoms with Crippen molar-refractivity contribution in [1.82, 2.24) is 10.0 Å². The first-order valence-corrected chi connectivity index (χ1v) is 10.8. The Balaban J connectivity index is 2.22. The zero-order valence-electron chi connectivity index (χ0n) is 17.6. The van der Waals surface area contributed by atoms with Gasteiger partial charge in [-0.05, 0) is 61.9 Å². The minimum atomic E-state index is -4.14. The molecule has 0 heterocycles. The molecule has 0 saturated heterocycles. The second kappa shape index (κ2) is 10.5. The van der Waals surface area contributed by atoms with E-state index in [0.29, 0.717) is 0 Å². The molecule has 0 aliphatic carbocycles. The van der Waals surface area contributed by atoms with Crippen LogP contribution in [-0.4, -0.2) is 32.9 Å². The first kappa shape index (κ1) is 25.3. The van der Waals surface area contributed by atoms with Crippen molar-refractivity contribution >= 4 is 34.0 Å². The average Bonchev–Trinajstić information content (AvgIpc) is 2.70. The summed E-state index contributed by atoms with van der Waals surface area (Å²) < 4.78 is 60.2. The number of halogens is 2. The highest BCUT2D eigenvalue weighted by Gasteiger charge is 2.18. The predicted octanol–water partition coefficient (Wildman–Crippen LogP) is 1.97. The third kappa shape index (κ3) is 7.00. The van der Waals surface area contributed by atoms with Gasteiger partial charge in [0.1, 0.15) is 5.75 Å². The molecule has 0 radical (unpaired) electrons. The summed E-state index contributed by atoms with van der Waals surface area (Å²) in [6.07, 6.45) is 1.19. The Bertz CT molecular complexity index is 1200. The number of urea groups is 1. The summed E-state index contributed by atoms with van der Waals surface area (Å²) in [6, 6.07) is 5.49. The van der Waals surface area contributed by atoms with Crippen molar-refractivity contribution in [3.63, 3.8) is 0 Å². The van der Waals surface area contributed by atoms with Gasteiger partial charge in [-0.3, -0.25) is 4.79 Å². The van der Waals surface area contributed by atoms with Crippen LogP contribution in [0.1, 0.15) is 19.4 Å². The average molecular weight is 481 g/mol. The van der Waals surface area contributed by atoms with Crippen molar-refractivity contribution < 1.29 is 31.5 Å². The number of sulfonamides is 1. The largest absolute Gasteiger partial charge is 0.451 e. The van der Waals surface area contributed by atoms with Crippen LogP contribution in [0, 0.1) is 11.6 Å². The van der Waals surface area contributed by atoms with Crippen LogP contribution in [0.15, 0.2) is 51.9 Å². The molecule has 3 amide bonds. The first-order valence-electron chi connectivity index (χ1n) is 9.32. The van der Waals surface area contributed by atoms with Crippen molar-refractivity contribution in [3.8, 4) is 11.5 Å². The van der Waals surface area contributed by atoms with Crippen LogP contribution in [0.3, 0.4) is 0 Å². The number of rotatable bonds is 7. The van der Waals surface area contributed by atoms with Gasteiger partial charge in [0.05, 0.1) is 4.90 Å². The van der Waals surface area contributed by atoms with Crippen molar-refractivity contribution in [2.24, 2.45) is 16.5 Å². The van der Waals surface area contributed by atoms with Gasteiger partial charge >= 0.3 is 6.03 Å². The monoisotopic (exact) mass is 481 g/mol. The van der Waals surface area contributed by atoms with Crippen LogP contribution in [0.4, 0.5) is 13.6 Å². The molecule has 0 saturated carbocycles. The molecule has 0 fully saturated rings. The highest BCUT2D eigenvalue weighted by molar-refractivity contribution is 7.90. The van der Waals surface area contributed by atoms with E-state index in [1.54, 1.807) is 6.92 Å². The summed E-state index contributed by atoms with van der Waals surface area (Å²) in [5, 5.41) is 2.28. The Morgan fingerprint density at radius 2 is 1.70 bits per heavy atom. The zero-order valence-corrected chi connectivity index (χ0v) is 18.4. The van der Waals surface area contributed by atoms with Crippen LogP contribution in [0.2, 0.25) is 0 Å². The molecule has 0 spiro atoms. The van der Waals surface area contributed by atoms with E-state index >= 15 is 0 Å². The van der Waals surface area contributed by atoms with Crippen molar-refractivity contribution in [2.45, 2.75) is 18.7 Å². The number of aliphatic imine (C=N–C) groups is 1. The van der Waals surface area contributed by atoms with Gasteiger partial charge in [-0.1, -0.05) is 0 Å². The van der Waals surface area contributed by atoms with Crippen LogP contribution in [0.5, 0.6) is 11.5 Å². The van der Waals surface area contributed by atoms with Crippen LogP contribution in [0.25, 0.3) is 6.08 Å². The maximum atomic E-state index is 14.4. The molecular weight excluding hydrogens is 460 g/mol. The Morgan fingerprint density at radius 1 is 1.12 bits per heavy atom. The first-order chi connectivity index (χ1) is 15.4. The lowest BCUT2D eigenvalue weighted by atomic mass is 10.1. The summed E-state index contributed by atoms with van der Waals surface area (Å²) in [4.78, 5) is 26.2. The zero-order chi connectivity index (χ0) is 24.8. The molecule has 0 atom stereocenters. The van der Waals surface area contributed by atoms with Gasteiger partial charge in [-0.25, -0.2) is 26.7 Å². The number of nitrogens with two attached hydrogens (primary N) is 2. The maximum absolute atomic E-state index is 14.4. The van der Waals surface area contributed by atoms with Crippen molar-refractivity contribution in [2.75, 3.05) is 6.54 Å². The molecule has 33 heavy (non-hydrogen) atoms. The van der Waals surface area contributed by atoms with E-state index in [4.69, 9.17) is 16.2 Å². The molecule has 13 heteroatoms. The summed E-state index contributed by atoms with van der Waals surface area (Å²) in [7, 11) is -4.14. The number of carbonyl (C=O) groups excluding carboxylic acids is 2. The van der Waals surface area contributed by atoms with E-state index in [2.05, 4.69) is 10.3 Å². The molecule has 2 rings (SSSR count). The second-order valence-electron chi connectivity index (χ2n) is 6.52. The molecular formula is C20H21F2N5O5S. The number of ether oxygens (including phenoxy) is 1. The molecule has 10 nitrogen and oxygen atoms in total. The van der Waals surface area contributed by atoms with Crippen molar-refractivity contribution in [1.29, 1.82) is 0 Å². The SMILES string of the molecule is CCNC(=O)NS(=O)(=O)c1ccc(Oc2c(F)cc(C=C(C)C(=O)N=C(N)N)cc2F)cc1. The number of nitrogens with one attached hydrogen (secondary N) is 2. The molecule has 2 aromatic rings. The number of carbonyl (C=O) groups is 2. The second-order valence-corrected chi connectivity index (χ2v) is 8.20. The van der Waals surface area contributed by atoms with Gasteiger partial charge in [-0.15, -0.1) is 0 Å². The summed E-state index contributed by atoms with van der Waals surface area (Å²) in [6.45, 7) is 3.21. The number of benzene rings is 2. The van der Waals surface area contributed by atoms with Gasteiger partial charge in [0.15, 0.2) is 23.3 Å². The molecule has 0 aromatic heterocycles. The molecule has 0 aliphatic heterocycles. The van der Waals surface area contributed by atoms with Gasteiger partial charge in [0, 0.05) is 12.1 Å². The molecule has 0 bridgehead atoms. The van der Waals surface area contributed by atoms with Gasteiger partial charge in [0.2, 0.25) is 0 Å². The predicted molar refractivity (Wildman–Crippen MR) is 117 cm³/mol. The Kier molecular flexibility index (Phi) is 8.07. The summed E-state index contributed by atoms with van der Waals surface area (Å²) in [5.41, 5.74) is 10.3. The van der Waals surface area contributed by atoms with Crippen LogP contribution < -0.4 is 26.2 Å². The number of hydrogen-bond donors (Lipinski definition) is 4. The normalized spacial score (nSPS) is 11.5. The van der Waals surface area contributed by atoms with Gasteiger partial charge in [-0.2, -0.15) is 4.99 Å². The third-order valence-corrected chi connectivity index (χ3v) is 5.24. The molecule has 176 valence electrons. The van der Waals surface area contributed by atoms with E-state index in [0.717, 1.165) is 36.4 Å². The number of nitrogens with zero attached hydrogens (tertiary/aromatic N) is 1. The standard InChI is InChI=1S/C20H21F2N5O5S/c1-3-25-20(29)27-33(30,31)14-6-4-13(5-7-14)32-17-15(21)9-12(10-16(17)22)8-11(2)18(28)26-19(23)24/h4-10H,3H2,1-2H3,(H2,25,27,29)(H4,23,24,26,28). The Hall–Kier alpha value is -4.00. The quantitative estimate of drug-likeness (QED) is 0.266. The van der Waals surface area contributed by atoms with E-state index in [-0.39, 0.29) is 28.3 Å². The van der Waals surface area contributed by atoms with Crippen molar-refractivity contribution in [3.05, 3.63) is 59.2 Å². The number of amides is 3. The molecule has 2 aromatic carbocycles. The number of guanidine groups is 1. The minimum absolute atomic E-state index is 0.0202. The van der Waals surface area contributed by atoms with E-state index in [9.17, 15) is 26.8 Å². The highest BCUT2D eigenvalue weighted by atomic mass is 32.2. The third-order valence-electron chi connectivity index (χ3n) is 3.89. The fraction of sp³-hybridized carbons (Fsp3) is 0.150. The fourth-order valence-electron chi connectivity index (χ4n) is 2.46. The molecule has 0 aliphatic rings. The van der Waals surface area contributed by atoms with Crippen LogP contribution in [-0.2, 0) is 14.8 Å². The van der Waals surface area contributed by atoms with E-state index in [1.807, 2.05) is 4.72 Å².